The Balaban J connectivity index is 2.16. The van der Waals surface area contributed by atoms with Gasteiger partial charge in [0.15, 0.2) is 5.84 Å². The molecule has 6 nitrogen and oxygen atoms in total. The van der Waals surface area contributed by atoms with Crippen LogP contribution >= 0.6 is 0 Å². The molecule has 0 spiro atoms. The molecule has 142 valence electrons. The summed E-state index contributed by atoms with van der Waals surface area (Å²) in [6, 6.07) is 5.91. The van der Waals surface area contributed by atoms with Crippen LogP contribution in [0.2, 0.25) is 0 Å². The van der Waals surface area contributed by atoms with Crippen molar-refractivity contribution in [2.24, 2.45) is 9.98 Å². The molecule has 0 aliphatic carbocycles. The predicted octanol–water partition coefficient (Wildman–Crippen LogP) is 3.79. The van der Waals surface area contributed by atoms with Crippen LogP contribution in [-0.2, 0) is 6.54 Å². The first kappa shape index (κ1) is 19.0. The third-order valence-corrected chi connectivity index (χ3v) is 4.96. The maximum Gasteiger partial charge on any atom is 0.256 e. The lowest BCUT2D eigenvalue weighted by atomic mass is 10.1. The van der Waals surface area contributed by atoms with E-state index in [2.05, 4.69) is 23.8 Å². The first-order valence-electron chi connectivity index (χ1n) is 9.47. The maximum absolute atomic E-state index is 12.9. The molecule has 6 heteroatoms. The number of carbonyl (C=O) groups is 1. The molecule has 0 fully saturated rings. The number of fused-ring (bicyclic) bond motifs is 3. The molecule has 0 unspecified atom stereocenters. The smallest absolute Gasteiger partial charge is 0.256 e. The molecule has 27 heavy (non-hydrogen) atoms. The Morgan fingerprint density at radius 3 is 2.74 bits per heavy atom. The van der Waals surface area contributed by atoms with E-state index in [1.54, 1.807) is 18.3 Å². The van der Waals surface area contributed by atoms with E-state index in [1.807, 2.05) is 36.7 Å². The van der Waals surface area contributed by atoms with Gasteiger partial charge in [0.1, 0.15) is 12.0 Å². The number of amides is 1. The molecule has 2 heterocycles. The number of aliphatic imine (C=N–C) groups is 2. The summed E-state index contributed by atoms with van der Waals surface area (Å²) in [4.78, 5) is 28.5. The van der Waals surface area contributed by atoms with Gasteiger partial charge < -0.3 is 4.90 Å². The minimum atomic E-state index is 0.0245. The van der Waals surface area contributed by atoms with Gasteiger partial charge in [-0.3, -0.25) is 14.4 Å². The molecule has 3 rings (SSSR count). The maximum atomic E-state index is 12.9. The Hall–Kier alpha value is -2.76. The third-order valence-electron chi connectivity index (χ3n) is 4.96. The molecule has 1 aliphatic heterocycles. The van der Waals surface area contributed by atoms with E-state index in [4.69, 9.17) is 4.99 Å². The minimum absolute atomic E-state index is 0.0245. The first-order chi connectivity index (χ1) is 13.0. The number of imidazole rings is 1. The molecule has 2 aromatic rings. The average Bonchev–Trinajstić information content (AvgIpc) is 3.03. The molecule has 0 atom stereocenters. The van der Waals surface area contributed by atoms with E-state index in [1.165, 1.54) is 0 Å². The van der Waals surface area contributed by atoms with Gasteiger partial charge in [-0.15, -0.1) is 0 Å². The molecule has 1 amide bonds. The standard InChI is InChI=1S/C21H27N5O/c1-6-9-15(7-2)24-20(22-4)19-17-12-25(5)21(27)18-14(3)10-8-11-16(18)26(17)13-23-19/h8,10-11,13H,6-7,9,12H2,1-5H3. The number of hydrogen-bond donors (Lipinski definition) is 0. The zero-order chi connectivity index (χ0) is 19.6. The van der Waals surface area contributed by atoms with E-state index in [-0.39, 0.29) is 5.91 Å². The summed E-state index contributed by atoms with van der Waals surface area (Å²) in [5, 5.41) is 0. The molecule has 1 aromatic carbocycles. The van der Waals surface area contributed by atoms with E-state index < -0.39 is 0 Å². The van der Waals surface area contributed by atoms with Gasteiger partial charge >= 0.3 is 0 Å². The Morgan fingerprint density at radius 1 is 1.30 bits per heavy atom. The number of amidine groups is 1. The van der Waals surface area contributed by atoms with Gasteiger partial charge in [-0.05, 0) is 31.4 Å². The van der Waals surface area contributed by atoms with Crippen LogP contribution in [0.5, 0.6) is 0 Å². The Morgan fingerprint density at radius 2 is 2.07 bits per heavy atom. The van der Waals surface area contributed by atoms with Gasteiger partial charge in [0.25, 0.3) is 5.91 Å². The summed E-state index contributed by atoms with van der Waals surface area (Å²) in [6.45, 7) is 6.69. The molecule has 0 N–H and O–H groups in total. The number of aryl methyl sites for hydroxylation is 1. The third kappa shape index (κ3) is 3.44. The Kier molecular flexibility index (Phi) is 5.54. The minimum Gasteiger partial charge on any atom is -0.336 e. The molecule has 0 radical (unpaired) electrons. The molecular weight excluding hydrogens is 338 g/mol. The molecule has 1 aliphatic rings. The summed E-state index contributed by atoms with van der Waals surface area (Å²) in [6.07, 6.45) is 4.67. The van der Waals surface area contributed by atoms with Gasteiger partial charge in [-0.2, -0.15) is 0 Å². The highest BCUT2D eigenvalue weighted by Crippen LogP contribution is 2.28. The Labute approximate surface area is 160 Å². The van der Waals surface area contributed by atoms with Crippen molar-refractivity contribution in [1.82, 2.24) is 14.5 Å². The van der Waals surface area contributed by atoms with Crippen LogP contribution in [0.1, 0.15) is 60.4 Å². The van der Waals surface area contributed by atoms with Crippen molar-refractivity contribution in [3.8, 4) is 5.69 Å². The van der Waals surface area contributed by atoms with Crippen molar-refractivity contribution in [1.29, 1.82) is 0 Å². The average molecular weight is 365 g/mol. The highest BCUT2D eigenvalue weighted by Gasteiger charge is 2.28. The van der Waals surface area contributed by atoms with E-state index >= 15 is 0 Å². The summed E-state index contributed by atoms with van der Waals surface area (Å²) in [5.74, 6) is 0.655. The van der Waals surface area contributed by atoms with Crippen molar-refractivity contribution in [3.05, 3.63) is 47.0 Å². The lowest BCUT2D eigenvalue weighted by Gasteiger charge is -2.15. The van der Waals surface area contributed by atoms with Crippen LogP contribution in [0.3, 0.4) is 0 Å². The molecule has 0 saturated carbocycles. The highest BCUT2D eigenvalue weighted by molar-refractivity contribution is 6.07. The van der Waals surface area contributed by atoms with Crippen LogP contribution in [0.25, 0.3) is 5.69 Å². The Bertz CT molecular complexity index is 923. The second-order valence-corrected chi connectivity index (χ2v) is 6.87. The highest BCUT2D eigenvalue weighted by atomic mass is 16.2. The lowest BCUT2D eigenvalue weighted by Crippen LogP contribution is -2.26. The summed E-state index contributed by atoms with van der Waals surface area (Å²) >= 11 is 0. The van der Waals surface area contributed by atoms with Crippen molar-refractivity contribution >= 4 is 17.5 Å². The number of carbonyl (C=O) groups excluding carboxylic acids is 1. The SMILES string of the molecule is CCCC(CC)=NC(=NC)c1ncn2c1CN(C)C(=O)c1c(C)cccc1-2. The second kappa shape index (κ2) is 7.86. The fourth-order valence-corrected chi connectivity index (χ4v) is 3.50. The monoisotopic (exact) mass is 365 g/mol. The van der Waals surface area contributed by atoms with Crippen molar-refractivity contribution in [2.45, 2.75) is 46.6 Å². The molecule has 0 bridgehead atoms. The molecular formula is C21H27N5O. The normalized spacial score (nSPS) is 14.9. The molecule has 1 aromatic heterocycles. The zero-order valence-electron chi connectivity index (χ0n) is 16.8. The van der Waals surface area contributed by atoms with Crippen molar-refractivity contribution in [3.63, 3.8) is 0 Å². The van der Waals surface area contributed by atoms with Gasteiger partial charge in [0, 0.05) is 19.8 Å². The largest absolute Gasteiger partial charge is 0.336 e. The number of hydrogen-bond acceptors (Lipinski definition) is 3. The second-order valence-electron chi connectivity index (χ2n) is 6.87. The van der Waals surface area contributed by atoms with Gasteiger partial charge in [0.05, 0.1) is 23.5 Å². The van der Waals surface area contributed by atoms with Crippen molar-refractivity contribution in [2.75, 3.05) is 14.1 Å². The van der Waals surface area contributed by atoms with Gasteiger partial charge in [-0.25, -0.2) is 9.98 Å². The van der Waals surface area contributed by atoms with Crippen LogP contribution in [-0.4, -0.2) is 46.0 Å². The summed E-state index contributed by atoms with van der Waals surface area (Å²) in [7, 11) is 3.57. The summed E-state index contributed by atoms with van der Waals surface area (Å²) in [5.41, 5.74) is 5.35. The number of benzene rings is 1. The van der Waals surface area contributed by atoms with E-state index in [0.29, 0.717) is 12.4 Å². The van der Waals surface area contributed by atoms with Gasteiger partial charge in [-0.1, -0.05) is 32.4 Å². The van der Waals surface area contributed by atoms with E-state index in [0.717, 1.165) is 53.2 Å². The van der Waals surface area contributed by atoms with Crippen LogP contribution in [0.4, 0.5) is 0 Å². The number of nitrogens with zero attached hydrogens (tertiary/aromatic N) is 5. The van der Waals surface area contributed by atoms with Crippen LogP contribution < -0.4 is 0 Å². The zero-order valence-corrected chi connectivity index (χ0v) is 16.8. The first-order valence-corrected chi connectivity index (χ1v) is 9.47. The fraction of sp³-hybridized carbons (Fsp3) is 0.429. The number of aromatic nitrogens is 2. The van der Waals surface area contributed by atoms with Gasteiger partial charge in [0.2, 0.25) is 0 Å². The summed E-state index contributed by atoms with van der Waals surface area (Å²) < 4.78 is 2.01. The number of rotatable bonds is 4. The lowest BCUT2D eigenvalue weighted by molar-refractivity contribution is 0.0787. The van der Waals surface area contributed by atoms with Crippen molar-refractivity contribution < 1.29 is 4.79 Å². The van der Waals surface area contributed by atoms with Crippen LogP contribution in [0.15, 0.2) is 34.5 Å². The quantitative estimate of drug-likeness (QED) is 0.611. The molecule has 0 saturated heterocycles. The van der Waals surface area contributed by atoms with E-state index in [9.17, 15) is 4.79 Å². The topological polar surface area (TPSA) is 62.9 Å². The predicted molar refractivity (Wildman–Crippen MR) is 109 cm³/mol. The fourth-order valence-electron chi connectivity index (χ4n) is 3.50. The van der Waals surface area contributed by atoms with Crippen LogP contribution in [0, 0.1) is 6.92 Å².